The number of urea groups is 1. The number of rotatable bonds is 9. The number of Topliss-reactive ketones (excluding diaryl/α,β-unsaturated/α-hetero) is 2. The Balaban J connectivity index is 1.23. The minimum absolute atomic E-state index is 0.102. The van der Waals surface area contributed by atoms with Crippen LogP contribution >= 0.6 is 0 Å². The number of anilines is 1. The van der Waals surface area contributed by atoms with Crippen molar-refractivity contribution in [2.24, 2.45) is 5.41 Å². The standard InChI is InChI=1S/C29H27F2N3O5/c1-17-2-4-18(5-3-17)10-25(36)29(7-8-29)26(37)12-19-11-23(31)24(14-22(19)30)39-21-6-9-32-27(13-21)33-28(38)34-15-20(35)16-34/h2-6,9,11,13-14,20,35H,7-8,10,12,15-16H2,1H3,(H,32,33,38). The number of ether oxygens (including phenoxy) is 1. The molecule has 1 aliphatic carbocycles. The van der Waals surface area contributed by atoms with Gasteiger partial charge in [0, 0.05) is 31.2 Å². The Hall–Kier alpha value is -4.18. The second kappa shape index (κ2) is 10.5. The molecule has 2 amide bonds. The summed E-state index contributed by atoms with van der Waals surface area (Å²) < 4.78 is 35.3. The number of halogens is 2. The lowest BCUT2D eigenvalue weighted by atomic mass is 9.87. The van der Waals surface area contributed by atoms with Crippen molar-refractivity contribution in [1.82, 2.24) is 9.88 Å². The van der Waals surface area contributed by atoms with Crippen molar-refractivity contribution in [2.75, 3.05) is 18.4 Å². The monoisotopic (exact) mass is 535 g/mol. The van der Waals surface area contributed by atoms with Crippen LogP contribution in [0.25, 0.3) is 0 Å². The number of β-amino-alcohol motifs (C(OH)–C–C–N with tert-alkyl or cyclic N) is 1. The second-order valence-corrected chi connectivity index (χ2v) is 10.1. The van der Waals surface area contributed by atoms with E-state index in [1.54, 1.807) is 0 Å². The van der Waals surface area contributed by atoms with Crippen molar-refractivity contribution in [3.05, 3.63) is 83.1 Å². The molecule has 0 bridgehead atoms. The summed E-state index contributed by atoms with van der Waals surface area (Å²) in [4.78, 5) is 43.5. The molecule has 8 nitrogen and oxygen atoms in total. The molecular formula is C29H27F2N3O5. The average molecular weight is 536 g/mol. The summed E-state index contributed by atoms with van der Waals surface area (Å²) in [5.41, 5.74) is 0.572. The van der Waals surface area contributed by atoms with Crippen molar-refractivity contribution in [3.8, 4) is 11.5 Å². The van der Waals surface area contributed by atoms with Gasteiger partial charge in [-0.1, -0.05) is 29.8 Å². The summed E-state index contributed by atoms with van der Waals surface area (Å²) in [6, 6.07) is 11.5. The first-order valence-electron chi connectivity index (χ1n) is 12.6. The number of hydrogen-bond donors (Lipinski definition) is 2. The molecule has 2 aliphatic rings. The van der Waals surface area contributed by atoms with Crippen molar-refractivity contribution >= 4 is 23.4 Å². The van der Waals surface area contributed by atoms with Crippen LogP contribution in [0.5, 0.6) is 11.5 Å². The summed E-state index contributed by atoms with van der Waals surface area (Å²) in [5.74, 6) is -2.52. The normalized spacial score (nSPS) is 15.8. The van der Waals surface area contributed by atoms with E-state index in [1.165, 1.54) is 23.2 Å². The maximum Gasteiger partial charge on any atom is 0.323 e. The Kier molecular flexibility index (Phi) is 7.14. The van der Waals surface area contributed by atoms with Gasteiger partial charge < -0.3 is 14.7 Å². The van der Waals surface area contributed by atoms with Crippen LogP contribution in [0, 0.1) is 24.0 Å². The first-order chi connectivity index (χ1) is 18.6. The Morgan fingerprint density at radius 1 is 1.03 bits per heavy atom. The van der Waals surface area contributed by atoms with Gasteiger partial charge in [-0.25, -0.2) is 18.6 Å². The van der Waals surface area contributed by atoms with Gasteiger partial charge in [-0.2, -0.15) is 0 Å². The molecule has 1 aliphatic heterocycles. The number of carbonyl (C=O) groups excluding carboxylic acids is 3. The first-order valence-corrected chi connectivity index (χ1v) is 12.6. The fourth-order valence-electron chi connectivity index (χ4n) is 4.50. The van der Waals surface area contributed by atoms with Crippen molar-refractivity contribution in [2.45, 2.75) is 38.7 Å². The molecule has 1 aromatic heterocycles. The lowest BCUT2D eigenvalue weighted by Crippen LogP contribution is -2.54. The third-order valence-corrected chi connectivity index (χ3v) is 7.10. The highest BCUT2D eigenvalue weighted by molar-refractivity contribution is 6.11. The summed E-state index contributed by atoms with van der Waals surface area (Å²) in [7, 11) is 0. The van der Waals surface area contributed by atoms with E-state index in [0.717, 1.165) is 23.3 Å². The van der Waals surface area contributed by atoms with E-state index in [9.17, 15) is 28.3 Å². The maximum atomic E-state index is 14.9. The Morgan fingerprint density at radius 2 is 1.72 bits per heavy atom. The zero-order valence-electron chi connectivity index (χ0n) is 21.2. The molecule has 39 heavy (non-hydrogen) atoms. The third kappa shape index (κ3) is 5.80. The van der Waals surface area contributed by atoms with Crippen LogP contribution in [0.1, 0.15) is 29.5 Å². The number of carbonyl (C=O) groups is 3. The number of likely N-dealkylation sites (tertiary alicyclic amines) is 1. The van der Waals surface area contributed by atoms with E-state index in [1.807, 2.05) is 31.2 Å². The van der Waals surface area contributed by atoms with Crippen molar-refractivity contribution in [1.29, 1.82) is 0 Å². The largest absolute Gasteiger partial charge is 0.454 e. The number of aliphatic hydroxyl groups excluding tert-OH is 1. The molecule has 2 aromatic carbocycles. The van der Waals surface area contributed by atoms with Crippen LogP contribution in [-0.2, 0) is 22.4 Å². The van der Waals surface area contributed by atoms with Crippen LogP contribution in [0.4, 0.5) is 19.4 Å². The number of hydrogen-bond acceptors (Lipinski definition) is 6. The molecule has 2 heterocycles. The van der Waals surface area contributed by atoms with Crippen LogP contribution in [0.15, 0.2) is 54.7 Å². The quantitative estimate of drug-likeness (QED) is 0.394. The number of pyridine rings is 1. The molecule has 0 spiro atoms. The number of nitrogens with zero attached hydrogens (tertiary/aromatic N) is 2. The van der Waals surface area contributed by atoms with E-state index in [2.05, 4.69) is 10.3 Å². The van der Waals surface area contributed by atoms with Crippen LogP contribution < -0.4 is 10.1 Å². The minimum atomic E-state index is -1.14. The number of aryl methyl sites for hydroxylation is 1. The van der Waals surface area contributed by atoms with E-state index >= 15 is 0 Å². The van der Waals surface area contributed by atoms with Crippen molar-refractivity contribution in [3.63, 3.8) is 0 Å². The number of benzene rings is 2. The fraction of sp³-hybridized carbons (Fsp3) is 0.310. The Bertz CT molecular complexity index is 1430. The van der Waals surface area contributed by atoms with Crippen LogP contribution in [0.2, 0.25) is 0 Å². The first kappa shape index (κ1) is 26.4. The number of aromatic nitrogens is 1. The lowest BCUT2D eigenvalue weighted by molar-refractivity contribution is -0.133. The van der Waals surface area contributed by atoms with E-state index in [4.69, 9.17) is 4.74 Å². The van der Waals surface area contributed by atoms with Gasteiger partial charge in [0.25, 0.3) is 0 Å². The van der Waals surface area contributed by atoms with E-state index in [0.29, 0.717) is 12.8 Å². The summed E-state index contributed by atoms with van der Waals surface area (Å²) in [6.45, 7) is 2.37. The van der Waals surface area contributed by atoms with Gasteiger partial charge in [0.05, 0.1) is 24.6 Å². The SMILES string of the molecule is Cc1ccc(CC(=O)C2(C(=O)Cc3cc(F)c(Oc4ccnc(NC(=O)N5CC(O)C5)c4)cc3F)CC2)cc1. The molecule has 202 valence electrons. The molecule has 3 aromatic rings. The molecular weight excluding hydrogens is 508 g/mol. The van der Waals surface area contributed by atoms with Gasteiger partial charge in [-0.05, 0) is 43.0 Å². The molecule has 2 N–H and O–H groups in total. The van der Waals surface area contributed by atoms with Gasteiger partial charge in [0.2, 0.25) is 0 Å². The summed E-state index contributed by atoms with van der Waals surface area (Å²) in [6.07, 6.45) is 1.30. The topological polar surface area (TPSA) is 109 Å². The van der Waals surface area contributed by atoms with Crippen LogP contribution in [-0.4, -0.2) is 51.8 Å². The predicted molar refractivity (Wildman–Crippen MR) is 138 cm³/mol. The molecule has 10 heteroatoms. The molecule has 1 saturated carbocycles. The van der Waals surface area contributed by atoms with Gasteiger partial charge in [-0.15, -0.1) is 0 Å². The zero-order chi connectivity index (χ0) is 27.7. The van der Waals surface area contributed by atoms with E-state index in [-0.39, 0.29) is 42.4 Å². The minimum Gasteiger partial charge on any atom is -0.454 e. The smallest absolute Gasteiger partial charge is 0.323 e. The number of nitrogens with one attached hydrogen (secondary N) is 1. The molecule has 2 fully saturated rings. The second-order valence-electron chi connectivity index (χ2n) is 10.1. The molecule has 5 rings (SSSR count). The van der Waals surface area contributed by atoms with Gasteiger partial charge in [0.15, 0.2) is 23.1 Å². The summed E-state index contributed by atoms with van der Waals surface area (Å²) >= 11 is 0. The Labute approximate surface area is 223 Å². The highest BCUT2D eigenvalue weighted by Crippen LogP contribution is 2.49. The van der Waals surface area contributed by atoms with Gasteiger partial charge in [0.1, 0.15) is 17.4 Å². The molecule has 1 saturated heterocycles. The van der Waals surface area contributed by atoms with Gasteiger partial charge in [-0.3, -0.25) is 14.9 Å². The average Bonchev–Trinajstić information content (AvgIpc) is 3.69. The van der Waals surface area contributed by atoms with Gasteiger partial charge >= 0.3 is 6.03 Å². The summed E-state index contributed by atoms with van der Waals surface area (Å²) in [5, 5.41) is 11.9. The zero-order valence-corrected chi connectivity index (χ0v) is 21.2. The van der Waals surface area contributed by atoms with Crippen LogP contribution in [0.3, 0.4) is 0 Å². The highest BCUT2D eigenvalue weighted by Gasteiger charge is 2.54. The molecule has 0 radical (unpaired) electrons. The molecule has 0 unspecified atom stereocenters. The highest BCUT2D eigenvalue weighted by atomic mass is 19.1. The predicted octanol–water partition coefficient (Wildman–Crippen LogP) is 4.37. The Morgan fingerprint density at radius 3 is 2.38 bits per heavy atom. The third-order valence-electron chi connectivity index (χ3n) is 7.10. The number of amides is 2. The number of ketones is 2. The fourth-order valence-corrected chi connectivity index (χ4v) is 4.50. The maximum absolute atomic E-state index is 14.9. The van der Waals surface area contributed by atoms with Crippen molar-refractivity contribution < 1.29 is 33.0 Å². The lowest BCUT2D eigenvalue weighted by Gasteiger charge is -2.35. The molecule has 0 atom stereocenters. The number of aliphatic hydroxyl groups is 1. The van der Waals surface area contributed by atoms with E-state index < -0.39 is 47.1 Å².